The van der Waals surface area contributed by atoms with Crippen molar-refractivity contribution in [2.75, 3.05) is 19.7 Å². The van der Waals surface area contributed by atoms with Gasteiger partial charge in [-0.2, -0.15) is 0 Å². The van der Waals surface area contributed by atoms with Crippen LogP contribution < -0.4 is 4.74 Å². The Morgan fingerprint density at radius 2 is 1.76 bits per heavy atom. The van der Waals surface area contributed by atoms with E-state index < -0.39 is 0 Å². The number of ether oxygens (including phenoxy) is 1. The summed E-state index contributed by atoms with van der Waals surface area (Å²) in [5.74, 6) is 2.79. The Morgan fingerprint density at radius 3 is 2.53 bits per heavy atom. The van der Waals surface area contributed by atoms with Crippen LogP contribution in [0.4, 0.5) is 0 Å². The quantitative estimate of drug-likeness (QED) is 0.232. The molecule has 1 aliphatic heterocycles. The summed E-state index contributed by atoms with van der Waals surface area (Å²) in [4.78, 5) is 28.1. The maximum absolute atomic E-state index is 13.8. The number of halogens is 1. The van der Waals surface area contributed by atoms with Crippen LogP contribution in [0.3, 0.4) is 0 Å². The van der Waals surface area contributed by atoms with E-state index >= 15 is 0 Å². The molecule has 0 aromatic heterocycles. The number of likely N-dealkylation sites (tertiary alicyclic amines) is 1. The highest BCUT2D eigenvalue weighted by Crippen LogP contribution is 2.65. The van der Waals surface area contributed by atoms with Crippen molar-refractivity contribution in [2.24, 2.45) is 28.6 Å². The third kappa shape index (κ3) is 4.55. The number of amides is 1. The van der Waals surface area contributed by atoms with Crippen molar-refractivity contribution >= 4 is 29.4 Å². The van der Waals surface area contributed by atoms with Gasteiger partial charge in [-0.1, -0.05) is 37.6 Å². The van der Waals surface area contributed by atoms with Crippen LogP contribution in [0.25, 0.3) is 6.08 Å². The fourth-order valence-electron chi connectivity index (χ4n) is 8.66. The van der Waals surface area contributed by atoms with Gasteiger partial charge in [0.25, 0.3) is 5.91 Å². The van der Waals surface area contributed by atoms with Crippen molar-refractivity contribution in [3.05, 3.63) is 47.1 Å². The van der Waals surface area contributed by atoms with Gasteiger partial charge in [-0.15, -0.1) is 11.6 Å². The third-order valence-corrected chi connectivity index (χ3v) is 11.3. The van der Waals surface area contributed by atoms with Gasteiger partial charge >= 0.3 is 0 Å². The Morgan fingerprint density at radius 1 is 1.03 bits per heavy atom. The van der Waals surface area contributed by atoms with Crippen LogP contribution in [-0.4, -0.2) is 41.7 Å². The molecule has 1 saturated heterocycles. The third-order valence-electron chi connectivity index (χ3n) is 11.0. The molecule has 4 fully saturated rings. The number of ketones is 1. The van der Waals surface area contributed by atoms with E-state index in [-0.39, 0.29) is 28.7 Å². The van der Waals surface area contributed by atoms with Crippen molar-refractivity contribution in [3.63, 3.8) is 0 Å². The largest absolute Gasteiger partial charge is 0.484 e. The van der Waals surface area contributed by atoms with Crippen LogP contribution in [0.5, 0.6) is 5.75 Å². The molecule has 0 radical (unpaired) electrons. The molecule has 1 amide bonds. The van der Waals surface area contributed by atoms with E-state index in [0.29, 0.717) is 29.3 Å². The van der Waals surface area contributed by atoms with Gasteiger partial charge in [0.2, 0.25) is 0 Å². The van der Waals surface area contributed by atoms with Crippen molar-refractivity contribution in [1.29, 1.82) is 0 Å². The van der Waals surface area contributed by atoms with Gasteiger partial charge in [0, 0.05) is 23.9 Å². The predicted octanol–water partition coefficient (Wildman–Crippen LogP) is 7.21. The number of fused-ring (bicyclic) bond motifs is 5. The number of piperidine rings is 1. The first-order valence-corrected chi connectivity index (χ1v) is 15.3. The monoisotopic (exact) mass is 535 g/mol. The molecule has 6 atom stereocenters. The first-order valence-electron chi connectivity index (χ1n) is 14.9. The summed E-state index contributed by atoms with van der Waals surface area (Å²) in [6.45, 7) is 6.49. The summed E-state index contributed by atoms with van der Waals surface area (Å²) in [5.41, 5.74) is 3.62. The van der Waals surface area contributed by atoms with Gasteiger partial charge in [-0.05, 0) is 117 Å². The van der Waals surface area contributed by atoms with E-state index in [2.05, 4.69) is 26.0 Å². The second kappa shape index (κ2) is 10.2. The molecule has 1 aromatic carbocycles. The summed E-state index contributed by atoms with van der Waals surface area (Å²) < 4.78 is 5.79. The minimum Gasteiger partial charge on any atom is -0.484 e. The molecule has 38 heavy (non-hydrogen) atoms. The lowest BCUT2D eigenvalue weighted by Gasteiger charge is -2.56. The molecule has 1 aromatic rings. The minimum absolute atomic E-state index is 0.0656. The van der Waals surface area contributed by atoms with Gasteiger partial charge in [0.15, 0.2) is 12.4 Å². The number of rotatable bonds is 4. The standard InChI is InChI=1S/C33H42ClNO3/c1-32-14-12-25(34)20-24(32)8-11-27-28(32)13-15-33(2)29(27)19-23(31(33)37)18-22-6-9-26(10-7-22)38-21-30(36)35-16-4-3-5-17-35/h6-10,18,25,27-29H,3-5,11-17,19-21H2,1-2H3/b23-18+/t25?,27-,28+,29+,32+,33+/m1/s1. The topological polar surface area (TPSA) is 46.6 Å². The number of carbonyl (C=O) groups is 2. The van der Waals surface area contributed by atoms with E-state index in [1.165, 1.54) is 12.8 Å². The fraction of sp³-hybridized carbons (Fsp3) is 0.636. The molecular formula is C33H42ClNO3. The SMILES string of the molecule is C[C@]12CCC(Cl)CC1=CC[C@@H]1[C@@H]2CC[C@]2(C)C(=O)/C(=C/c3ccc(OCC(=O)N4CCCCC4)cc3)C[C@@H]12. The van der Waals surface area contributed by atoms with E-state index in [9.17, 15) is 9.59 Å². The number of Topliss-reactive ketones (excluding diaryl/α,β-unsaturated/α-hetero) is 1. The first-order chi connectivity index (χ1) is 18.3. The lowest BCUT2D eigenvalue weighted by molar-refractivity contribution is -0.134. The molecule has 4 nitrogen and oxygen atoms in total. The molecule has 3 saturated carbocycles. The van der Waals surface area contributed by atoms with E-state index in [4.69, 9.17) is 16.3 Å². The summed E-state index contributed by atoms with van der Waals surface area (Å²) in [5, 5.41) is 0.286. The lowest BCUT2D eigenvalue weighted by Crippen LogP contribution is -2.50. The summed E-state index contributed by atoms with van der Waals surface area (Å²) >= 11 is 6.56. The Kier molecular flexibility index (Phi) is 6.99. The van der Waals surface area contributed by atoms with Crippen molar-refractivity contribution < 1.29 is 14.3 Å². The molecule has 0 bridgehead atoms. The van der Waals surface area contributed by atoms with Gasteiger partial charge in [0.05, 0.1) is 0 Å². The molecule has 5 aliphatic rings. The average molecular weight is 536 g/mol. The van der Waals surface area contributed by atoms with Crippen molar-refractivity contribution in [1.82, 2.24) is 4.90 Å². The van der Waals surface area contributed by atoms with Crippen LogP contribution >= 0.6 is 11.6 Å². The summed E-state index contributed by atoms with van der Waals surface area (Å²) in [6, 6.07) is 7.86. The number of benzene rings is 1. The molecule has 6 rings (SSSR count). The normalized spacial score (nSPS) is 37.8. The number of hydrogen-bond acceptors (Lipinski definition) is 3. The molecule has 1 unspecified atom stereocenters. The maximum Gasteiger partial charge on any atom is 0.260 e. The number of nitrogens with zero attached hydrogens (tertiary/aromatic N) is 1. The fourth-order valence-corrected chi connectivity index (χ4v) is 8.93. The highest BCUT2D eigenvalue weighted by molar-refractivity contribution is 6.20. The zero-order valence-electron chi connectivity index (χ0n) is 23.0. The zero-order chi connectivity index (χ0) is 26.5. The first kappa shape index (κ1) is 26.2. The molecule has 5 heteroatoms. The van der Waals surface area contributed by atoms with Gasteiger partial charge in [0.1, 0.15) is 5.75 Å². The van der Waals surface area contributed by atoms with Crippen LogP contribution in [-0.2, 0) is 9.59 Å². The number of alkyl halides is 1. The Bertz CT molecular complexity index is 1150. The Hall–Kier alpha value is -2.07. The highest BCUT2D eigenvalue weighted by atomic mass is 35.5. The van der Waals surface area contributed by atoms with Gasteiger partial charge in [-0.25, -0.2) is 0 Å². The van der Waals surface area contributed by atoms with Gasteiger partial charge in [-0.3, -0.25) is 9.59 Å². The molecule has 204 valence electrons. The zero-order valence-corrected chi connectivity index (χ0v) is 23.8. The molecule has 0 N–H and O–H groups in total. The van der Waals surface area contributed by atoms with Crippen LogP contribution in [0.1, 0.15) is 83.6 Å². The second-order valence-corrected chi connectivity index (χ2v) is 13.7. The second-order valence-electron chi connectivity index (χ2n) is 13.1. The van der Waals surface area contributed by atoms with E-state index in [0.717, 1.165) is 75.6 Å². The minimum atomic E-state index is -0.240. The summed E-state index contributed by atoms with van der Waals surface area (Å²) in [7, 11) is 0. The molecular weight excluding hydrogens is 494 g/mol. The maximum atomic E-state index is 13.8. The Labute approximate surface area is 232 Å². The lowest BCUT2D eigenvalue weighted by atomic mass is 9.48. The van der Waals surface area contributed by atoms with Crippen molar-refractivity contribution in [3.8, 4) is 5.75 Å². The number of carbonyl (C=O) groups excluding carboxylic acids is 2. The molecule has 1 heterocycles. The van der Waals surface area contributed by atoms with Crippen LogP contribution in [0.15, 0.2) is 41.5 Å². The van der Waals surface area contributed by atoms with E-state index in [1.54, 1.807) is 5.57 Å². The molecule has 0 spiro atoms. The van der Waals surface area contributed by atoms with Crippen LogP contribution in [0, 0.1) is 28.6 Å². The predicted molar refractivity (Wildman–Crippen MR) is 152 cm³/mol. The number of hydrogen-bond donors (Lipinski definition) is 0. The Balaban J connectivity index is 1.14. The van der Waals surface area contributed by atoms with Gasteiger partial charge < -0.3 is 9.64 Å². The number of allylic oxidation sites excluding steroid dienone is 3. The van der Waals surface area contributed by atoms with Crippen molar-refractivity contribution in [2.45, 2.75) is 83.4 Å². The smallest absolute Gasteiger partial charge is 0.260 e. The average Bonchev–Trinajstić information content (AvgIpc) is 3.18. The van der Waals surface area contributed by atoms with Crippen LogP contribution in [0.2, 0.25) is 0 Å². The van der Waals surface area contributed by atoms with E-state index in [1.807, 2.05) is 29.2 Å². The molecule has 4 aliphatic carbocycles. The summed E-state index contributed by atoms with van der Waals surface area (Å²) in [6.07, 6.45) is 15.5. The highest BCUT2D eigenvalue weighted by Gasteiger charge is 2.59.